The second-order valence-corrected chi connectivity index (χ2v) is 4.18. The molecule has 0 spiro atoms. The molecule has 0 fully saturated rings. The van der Waals surface area contributed by atoms with Crippen molar-refractivity contribution in [2.75, 3.05) is 12.3 Å². The predicted octanol–water partition coefficient (Wildman–Crippen LogP) is 3.57. The Kier molecular flexibility index (Phi) is 5.24. The first kappa shape index (κ1) is 15.4. The van der Waals surface area contributed by atoms with E-state index in [9.17, 15) is 4.79 Å². The van der Waals surface area contributed by atoms with Gasteiger partial charge in [0.15, 0.2) is 0 Å². The lowest BCUT2D eigenvalue weighted by molar-refractivity contribution is 0.0492. The van der Waals surface area contributed by atoms with Gasteiger partial charge in [-0.2, -0.15) is 0 Å². The van der Waals surface area contributed by atoms with E-state index in [2.05, 4.69) is 6.92 Å². The van der Waals surface area contributed by atoms with E-state index in [1.165, 1.54) is 0 Å². The van der Waals surface area contributed by atoms with Crippen molar-refractivity contribution in [3.63, 3.8) is 0 Å². The highest BCUT2D eigenvalue weighted by molar-refractivity contribution is 5.94. The van der Waals surface area contributed by atoms with Gasteiger partial charge < -0.3 is 14.9 Å². The number of halogens is 1. The Labute approximate surface area is 118 Å². The maximum Gasteiger partial charge on any atom is 0.374 e. The fourth-order valence-electron chi connectivity index (χ4n) is 2.01. The number of rotatable bonds is 4. The van der Waals surface area contributed by atoms with Crippen LogP contribution in [-0.4, -0.2) is 12.6 Å². The molecule has 0 aliphatic carbocycles. The van der Waals surface area contributed by atoms with E-state index in [0.717, 1.165) is 29.4 Å². The number of benzene rings is 1. The minimum absolute atomic E-state index is 0. The van der Waals surface area contributed by atoms with E-state index in [4.69, 9.17) is 14.9 Å². The van der Waals surface area contributed by atoms with Gasteiger partial charge in [0.1, 0.15) is 5.58 Å². The van der Waals surface area contributed by atoms with E-state index >= 15 is 0 Å². The van der Waals surface area contributed by atoms with Crippen LogP contribution in [0.2, 0.25) is 0 Å². The standard InChI is InChI=1S/C14H17NO3.ClH/c1-3-5-9-6-11(15)7-10-8-12(18-13(9)10)14(16)17-4-2;/h6-8H,3-5,15H2,1-2H3;1H. The topological polar surface area (TPSA) is 65.5 Å². The summed E-state index contributed by atoms with van der Waals surface area (Å²) in [6.07, 6.45) is 1.87. The summed E-state index contributed by atoms with van der Waals surface area (Å²) in [5.41, 5.74) is 8.28. The predicted molar refractivity (Wildman–Crippen MR) is 77.8 cm³/mol. The van der Waals surface area contributed by atoms with Gasteiger partial charge >= 0.3 is 5.97 Å². The number of anilines is 1. The molecule has 0 aliphatic heterocycles. The number of aryl methyl sites for hydroxylation is 1. The molecule has 104 valence electrons. The molecular formula is C14H18ClNO3. The SMILES string of the molecule is CCCc1cc(N)cc2cc(C(=O)OCC)oc12.Cl. The summed E-state index contributed by atoms with van der Waals surface area (Å²) in [4.78, 5) is 11.6. The lowest BCUT2D eigenvalue weighted by Gasteiger charge is -2.01. The smallest absolute Gasteiger partial charge is 0.374 e. The molecule has 0 saturated carbocycles. The molecule has 0 amide bonds. The second-order valence-electron chi connectivity index (χ2n) is 4.18. The molecule has 0 bridgehead atoms. The van der Waals surface area contributed by atoms with Crippen LogP contribution in [0.15, 0.2) is 22.6 Å². The fraction of sp³-hybridized carbons (Fsp3) is 0.357. The van der Waals surface area contributed by atoms with Crippen LogP contribution >= 0.6 is 12.4 Å². The zero-order chi connectivity index (χ0) is 13.1. The van der Waals surface area contributed by atoms with E-state index in [1.807, 2.05) is 6.07 Å². The molecular weight excluding hydrogens is 266 g/mol. The van der Waals surface area contributed by atoms with E-state index in [0.29, 0.717) is 12.3 Å². The largest absolute Gasteiger partial charge is 0.460 e. The van der Waals surface area contributed by atoms with Crippen LogP contribution in [0.5, 0.6) is 0 Å². The van der Waals surface area contributed by atoms with Crippen LogP contribution in [0.4, 0.5) is 5.69 Å². The Bertz CT molecular complexity index is 577. The Balaban J connectivity index is 0.00000180. The van der Waals surface area contributed by atoms with E-state index < -0.39 is 5.97 Å². The highest BCUT2D eigenvalue weighted by Crippen LogP contribution is 2.27. The maximum absolute atomic E-state index is 11.6. The number of nitrogen functional groups attached to an aromatic ring is 1. The first-order chi connectivity index (χ1) is 8.65. The Morgan fingerprint density at radius 1 is 1.32 bits per heavy atom. The fourth-order valence-corrected chi connectivity index (χ4v) is 2.01. The number of ether oxygens (including phenoxy) is 1. The van der Waals surface area contributed by atoms with Gasteiger partial charge in [0.05, 0.1) is 6.61 Å². The van der Waals surface area contributed by atoms with Gasteiger partial charge in [-0.15, -0.1) is 12.4 Å². The summed E-state index contributed by atoms with van der Waals surface area (Å²) in [5, 5.41) is 0.849. The highest BCUT2D eigenvalue weighted by Gasteiger charge is 2.15. The summed E-state index contributed by atoms with van der Waals surface area (Å²) < 4.78 is 10.5. The van der Waals surface area contributed by atoms with Gasteiger partial charge in [-0.05, 0) is 37.1 Å². The summed E-state index contributed by atoms with van der Waals surface area (Å²) in [6, 6.07) is 5.38. The lowest BCUT2D eigenvalue weighted by Crippen LogP contribution is -2.02. The number of nitrogens with two attached hydrogens (primary N) is 1. The summed E-state index contributed by atoms with van der Waals surface area (Å²) in [7, 11) is 0. The highest BCUT2D eigenvalue weighted by atomic mass is 35.5. The lowest BCUT2D eigenvalue weighted by atomic mass is 10.1. The molecule has 0 aliphatic rings. The molecule has 2 N–H and O–H groups in total. The molecule has 0 atom stereocenters. The zero-order valence-electron chi connectivity index (χ0n) is 11.1. The van der Waals surface area contributed by atoms with E-state index in [1.54, 1.807) is 19.1 Å². The van der Waals surface area contributed by atoms with Crippen molar-refractivity contribution in [2.45, 2.75) is 26.7 Å². The molecule has 1 aromatic carbocycles. The van der Waals surface area contributed by atoms with Crippen LogP contribution in [-0.2, 0) is 11.2 Å². The average molecular weight is 284 g/mol. The molecule has 4 nitrogen and oxygen atoms in total. The Morgan fingerprint density at radius 3 is 2.68 bits per heavy atom. The number of hydrogen-bond donors (Lipinski definition) is 1. The van der Waals surface area contributed by atoms with Crippen molar-refractivity contribution in [1.29, 1.82) is 0 Å². The van der Waals surface area contributed by atoms with Gasteiger partial charge in [0, 0.05) is 11.1 Å². The molecule has 1 aromatic heterocycles. The van der Waals surface area contributed by atoms with Crippen LogP contribution in [0.25, 0.3) is 11.0 Å². The summed E-state index contributed by atoms with van der Waals surface area (Å²) >= 11 is 0. The monoisotopic (exact) mass is 283 g/mol. The van der Waals surface area contributed by atoms with Crippen molar-refractivity contribution in [3.05, 3.63) is 29.5 Å². The molecule has 5 heteroatoms. The number of carbonyl (C=O) groups excluding carboxylic acids is 1. The van der Waals surface area contributed by atoms with Gasteiger partial charge in [-0.1, -0.05) is 13.3 Å². The van der Waals surface area contributed by atoms with Crippen molar-refractivity contribution in [3.8, 4) is 0 Å². The summed E-state index contributed by atoms with van der Waals surface area (Å²) in [5.74, 6) is -0.204. The maximum atomic E-state index is 11.6. The first-order valence-electron chi connectivity index (χ1n) is 6.14. The van der Waals surface area contributed by atoms with Crippen molar-refractivity contribution in [2.24, 2.45) is 0 Å². The average Bonchev–Trinajstić information content (AvgIpc) is 2.73. The first-order valence-corrected chi connectivity index (χ1v) is 6.14. The van der Waals surface area contributed by atoms with Gasteiger partial charge in [0.25, 0.3) is 0 Å². The normalized spacial score (nSPS) is 10.2. The minimum Gasteiger partial charge on any atom is -0.460 e. The van der Waals surface area contributed by atoms with Gasteiger partial charge in [-0.25, -0.2) is 4.79 Å². The van der Waals surface area contributed by atoms with Crippen molar-refractivity contribution >= 4 is 35.0 Å². The Morgan fingerprint density at radius 2 is 2.05 bits per heavy atom. The van der Waals surface area contributed by atoms with Crippen LogP contribution < -0.4 is 5.73 Å². The third-order valence-corrected chi connectivity index (χ3v) is 2.71. The third-order valence-electron chi connectivity index (χ3n) is 2.71. The van der Waals surface area contributed by atoms with E-state index in [-0.39, 0.29) is 18.2 Å². The van der Waals surface area contributed by atoms with Gasteiger partial charge in [-0.3, -0.25) is 0 Å². The molecule has 0 saturated heterocycles. The molecule has 2 rings (SSSR count). The molecule has 0 radical (unpaired) electrons. The zero-order valence-corrected chi connectivity index (χ0v) is 11.9. The van der Waals surface area contributed by atoms with Crippen LogP contribution in [0.1, 0.15) is 36.4 Å². The number of esters is 1. The number of carbonyl (C=O) groups is 1. The molecule has 2 aromatic rings. The second kappa shape index (κ2) is 6.48. The third kappa shape index (κ3) is 3.20. The molecule has 0 unspecified atom stereocenters. The quantitative estimate of drug-likeness (QED) is 0.688. The number of fused-ring (bicyclic) bond motifs is 1. The summed E-state index contributed by atoms with van der Waals surface area (Å²) in [6.45, 7) is 4.19. The van der Waals surface area contributed by atoms with Crippen LogP contribution in [0.3, 0.4) is 0 Å². The van der Waals surface area contributed by atoms with Crippen molar-refractivity contribution in [1.82, 2.24) is 0 Å². The Hall–Kier alpha value is -1.68. The molecule has 19 heavy (non-hydrogen) atoms. The minimum atomic E-state index is -0.435. The van der Waals surface area contributed by atoms with Gasteiger partial charge in [0.2, 0.25) is 5.76 Å². The number of hydrogen-bond acceptors (Lipinski definition) is 4. The number of furan rings is 1. The van der Waals surface area contributed by atoms with Crippen LogP contribution in [0, 0.1) is 0 Å². The van der Waals surface area contributed by atoms with Crippen molar-refractivity contribution < 1.29 is 13.9 Å². The molecule has 1 heterocycles.